The van der Waals surface area contributed by atoms with E-state index in [2.05, 4.69) is 40.5 Å². The molecule has 1 saturated heterocycles. The quantitative estimate of drug-likeness (QED) is 0.342. The molecular formula is C22H22F6N8O2S. The molecule has 1 aliphatic rings. The zero-order valence-electron chi connectivity index (χ0n) is 20.1. The molecule has 0 atom stereocenters. The number of rotatable bonds is 10. The van der Waals surface area contributed by atoms with Crippen LogP contribution in [0.15, 0.2) is 29.8 Å². The third-order valence-electron chi connectivity index (χ3n) is 5.50. The van der Waals surface area contributed by atoms with Crippen LogP contribution >= 0.6 is 11.3 Å². The molecule has 1 fully saturated rings. The Morgan fingerprint density at radius 2 is 1.82 bits per heavy atom. The molecule has 3 heterocycles. The number of piperidine rings is 1. The minimum absolute atomic E-state index is 0.00684. The summed E-state index contributed by atoms with van der Waals surface area (Å²) >= 11 is 1.31. The van der Waals surface area contributed by atoms with Crippen molar-refractivity contribution >= 4 is 34.7 Å². The minimum Gasteiger partial charge on any atom is -0.454 e. The Bertz CT molecular complexity index is 1250. The van der Waals surface area contributed by atoms with Gasteiger partial charge >= 0.3 is 18.4 Å². The van der Waals surface area contributed by atoms with E-state index in [1.807, 2.05) is 4.90 Å². The van der Waals surface area contributed by atoms with E-state index in [0.717, 1.165) is 12.1 Å². The van der Waals surface area contributed by atoms with Gasteiger partial charge in [-0.1, -0.05) is 6.07 Å². The molecule has 0 amide bonds. The van der Waals surface area contributed by atoms with E-state index in [4.69, 9.17) is 0 Å². The number of hydrogen-bond donors (Lipinski definition) is 2. The fourth-order valence-electron chi connectivity index (χ4n) is 3.76. The molecule has 0 radical (unpaired) electrons. The standard InChI is InChI=1S/C22H22F6N8O2S/c23-21(24,25)11-38-20-33-18(32-19(34-20)31-15-3-1-2-13(8-15)22(26,27)28)30-14-4-6-36(7-5-14)10-16(37)9-17-35-29-12-39-17/h1-3,8,12,14H,4-7,9-11H2,(H2,30,31,32,33,34). The van der Waals surface area contributed by atoms with Gasteiger partial charge in [-0.25, -0.2) is 0 Å². The number of anilines is 3. The van der Waals surface area contributed by atoms with Crippen LogP contribution in [0, 0.1) is 0 Å². The van der Waals surface area contributed by atoms with Gasteiger partial charge in [-0.2, -0.15) is 41.3 Å². The number of benzene rings is 1. The maximum atomic E-state index is 13.1. The van der Waals surface area contributed by atoms with Crippen molar-refractivity contribution in [2.45, 2.75) is 37.7 Å². The lowest BCUT2D eigenvalue weighted by atomic mass is 10.0. The fraction of sp³-hybridized carbons (Fsp3) is 0.455. The van der Waals surface area contributed by atoms with E-state index in [1.54, 1.807) is 5.51 Å². The summed E-state index contributed by atoms with van der Waals surface area (Å²) in [4.78, 5) is 26.0. The second-order valence-electron chi connectivity index (χ2n) is 8.62. The van der Waals surface area contributed by atoms with Gasteiger partial charge in [0.05, 0.1) is 18.5 Å². The van der Waals surface area contributed by atoms with Crippen LogP contribution in [0.5, 0.6) is 6.01 Å². The highest BCUT2D eigenvalue weighted by Crippen LogP contribution is 2.31. The van der Waals surface area contributed by atoms with Crippen LogP contribution in [0.3, 0.4) is 0 Å². The first-order valence-electron chi connectivity index (χ1n) is 11.6. The molecule has 0 aliphatic carbocycles. The number of nitrogens with one attached hydrogen (secondary N) is 2. The first-order valence-corrected chi connectivity index (χ1v) is 12.5. The highest BCUT2D eigenvalue weighted by Gasteiger charge is 2.31. The zero-order valence-corrected chi connectivity index (χ0v) is 20.9. The second-order valence-corrected chi connectivity index (χ2v) is 9.53. The number of halogens is 6. The largest absolute Gasteiger partial charge is 0.454 e. The number of carbonyl (C=O) groups is 1. The van der Waals surface area contributed by atoms with Crippen LogP contribution in [0.25, 0.3) is 0 Å². The van der Waals surface area contributed by atoms with Gasteiger partial charge < -0.3 is 15.4 Å². The average Bonchev–Trinajstić information content (AvgIpc) is 3.36. The van der Waals surface area contributed by atoms with E-state index in [-0.39, 0.29) is 42.4 Å². The summed E-state index contributed by atoms with van der Waals surface area (Å²) in [5.74, 6) is -0.404. The molecule has 17 heteroatoms. The molecule has 0 saturated carbocycles. The number of Topliss-reactive ketones (excluding diaryl/α,β-unsaturated/α-hetero) is 1. The Hall–Kier alpha value is -3.60. The average molecular weight is 577 g/mol. The zero-order chi connectivity index (χ0) is 28.0. The van der Waals surface area contributed by atoms with Crippen molar-refractivity contribution in [3.63, 3.8) is 0 Å². The molecule has 210 valence electrons. The lowest BCUT2D eigenvalue weighted by molar-refractivity contribution is -0.154. The van der Waals surface area contributed by atoms with Gasteiger partial charge in [-0.3, -0.25) is 9.69 Å². The van der Waals surface area contributed by atoms with E-state index >= 15 is 0 Å². The minimum atomic E-state index is -4.66. The highest BCUT2D eigenvalue weighted by molar-refractivity contribution is 7.09. The Balaban J connectivity index is 1.41. The molecule has 0 unspecified atom stereocenters. The van der Waals surface area contributed by atoms with E-state index < -0.39 is 30.5 Å². The third kappa shape index (κ3) is 8.98. The molecule has 1 aromatic carbocycles. The van der Waals surface area contributed by atoms with Gasteiger partial charge in [-0.15, -0.1) is 21.5 Å². The monoisotopic (exact) mass is 576 g/mol. The van der Waals surface area contributed by atoms with Crippen LogP contribution in [0.2, 0.25) is 0 Å². The van der Waals surface area contributed by atoms with Crippen LogP contribution in [-0.4, -0.2) is 74.3 Å². The van der Waals surface area contributed by atoms with Crippen LogP contribution in [0.1, 0.15) is 23.4 Å². The predicted octanol–water partition coefficient (Wildman–Crippen LogP) is 4.11. The van der Waals surface area contributed by atoms with Gasteiger partial charge in [0.15, 0.2) is 12.4 Å². The summed E-state index contributed by atoms with van der Waals surface area (Å²) in [6, 6.07) is 3.34. The summed E-state index contributed by atoms with van der Waals surface area (Å²) in [5, 5.41) is 13.8. The van der Waals surface area contributed by atoms with Crippen LogP contribution in [0.4, 0.5) is 43.9 Å². The third-order valence-corrected chi connectivity index (χ3v) is 6.20. The summed E-state index contributed by atoms with van der Waals surface area (Å²) in [6.45, 7) is -0.282. The smallest absolute Gasteiger partial charge is 0.422 e. The first kappa shape index (κ1) is 28.4. The predicted molar refractivity (Wildman–Crippen MR) is 128 cm³/mol. The number of hydrogen-bond acceptors (Lipinski definition) is 11. The number of ketones is 1. The van der Waals surface area contributed by atoms with Gasteiger partial charge in [0.25, 0.3) is 0 Å². The summed E-state index contributed by atoms with van der Waals surface area (Å²) < 4.78 is 81.9. The molecule has 0 spiro atoms. The molecule has 1 aliphatic heterocycles. The maximum absolute atomic E-state index is 13.1. The first-order chi connectivity index (χ1) is 18.4. The number of carbonyl (C=O) groups excluding carboxylic acids is 1. The number of ether oxygens (including phenoxy) is 1. The fourth-order valence-corrected chi connectivity index (χ4v) is 4.31. The van der Waals surface area contributed by atoms with Crippen molar-refractivity contribution in [3.05, 3.63) is 40.3 Å². The van der Waals surface area contributed by atoms with Crippen molar-refractivity contribution in [1.82, 2.24) is 30.0 Å². The molecule has 2 aromatic heterocycles. The van der Waals surface area contributed by atoms with Crippen molar-refractivity contribution in [2.75, 3.05) is 36.9 Å². The Morgan fingerprint density at radius 3 is 2.49 bits per heavy atom. The van der Waals surface area contributed by atoms with Crippen LogP contribution in [-0.2, 0) is 17.4 Å². The Morgan fingerprint density at radius 1 is 1.08 bits per heavy atom. The van der Waals surface area contributed by atoms with Gasteiger partial charge in [0, 0.05) is 24.8 Å². The molecule has 4 rings (SSSR count). The Kier molecular flexibility index (Phi) is 8.79. The molecule has 0 bridgehead atoms. The van der Waals surface area contributed by atoms with E-state index in [9.17, 15) is 31.1 Å². The number of likely N-dealkylation sites (tertiary alicyclic amines) is 1. The van der Waals surface area contributed by atoms with E-state index in [0.29, 0.717) is 30.9 Å². The van der Waals surface area contributed by atoms with Crippen molar-refractivity contribution in [1.29, 1.82) is 0 Å². The molecule has 3 aromatic rings. The van der Waals surface area contributed by atoms with E-state index in [1.165, 1.54) is 23.5 Å². The molecule has 2 N–H and O–H groups in total. The van der Waals surface area contributed by atoms with Gasteiger partial charge in [0.1, 0.15) is 10.5 Å². The maximum Gasteiger partial charge on any atom is 0.422 e. The highest BCUT2D eigenvalue weighted by atomic mass is 32.1. The lowest BCUT2D eigenvalue weighted by Crippen LogP contribution is -2.42. The summed E-state index contributed by atoms with van der Waals surface area (Å²) in [5.41, 5.74) is 0.596. The second kappa shape index (κ2) is 12.1. The molecule has 39 heavy (non-hydrogen) atoms. The Labute approximate surface area is 221 Å². The molecular weight excluding hydrogens is 554 g/mol. The summed E-state index contributed by atoms with van der Waals surface area (Å²) in [6.07, 6.45) is -7.90. The number of alkyl halides is 6. The SMILES string of the molecule is O=C(Cc1nncs1)CN1CCC(Nc2nc(Nc3cccc(C(F)(F)F)c3)nc(OCC(F)(F)F)n2)CC1. The van der Waals surface area contributed by atoms with Gasteiger partial charge in [-0.05, 0) is 31.0 Å². The topological polar surface area (TPSA) is 118 Å². The summed E-state index contributed by atoms with van der Waals surface area (Å²) in [7, 11) is 0. The normalized spacial score (nSPS) is 15.2. The number of aromatic nitrogens is 5. The molecule has 10 nitrogen and oxygen atoms in total. The van der Waals surface area contributed by atoms with Gasteiger partial charge in [0.2, 0.25) is 11.9 Å². The van der Waals surface area contributed by atoms with Crippen LogP contribution < -0.4 is 15.4 Å². The lowest BCUT2D eigenvalue weighted by Gasteiger charge is -2.31. The van der Waals surface area contributed by atoms with Crippen molar-refractivity contribution in [2.24, 2.45) is 0 Å². The number of nitrogens with zero attached hydrogens (tertiary/aromatic N) is 6. The van der Waals surface area contributed by atoms with Crippen molar-refractivity contribution < 1.29 is 35.9 Å². The van der Waals surface area contributed by atoms with Crippen molar-refractivity contribution in [3.8, 4) is 6.01 Å².